The molecular weight excluding hydrogens is 230 g/mol. The Kier molecular flexibility index (Phi) is 5.42. The van der Waals surface area contributed by atoms with Crippen LogP contribution in [-0.4, -0.2) is 18.0 Å². The van der Waals surface area contributed by atoms with Gasteiger partial charge in [-0.3, -0.25) is 10.1 Å². The van der Waals surface area contributed by atoms with Crippen molar-refractivity contribution in [1.29, 1.82) is 0 Å². The third-order valence-electron chi connectivity index (χ3n) is 2.92. The lowest BCUT2D eigenvalue weighted by Gasteiger charge is -2.18. The molecule has 5 nitrogen and oxygen atoms in total. The predicted molar refractivity (Wildman–Crippen MR) is 75.3 cm³/mol. The summed E-state index contributed by atoms with van der Waals surface area (Å²) in [6.45, 7) is 4.25. The van der Waals surface area contributed by atoms with Crippen LogP contribution in [-0.2, 0) is 0 Å². The topological polar surface area (TPSA) is 67.2 Å². The molecular formula is C13H21N3O2. The molecule has 0 aliphatic carbocycles. The zero-order valence-electron chi connectivity index (χ0n) is 11.2. The average Bonchev–Trinajstić information content (AvgIpc) is 2.37. The highest BCUT2D eigenvalue weighted by Crippen LogP contribution is 2.25. The molecule has 0 aliphatic rings. The van der Waals surface area contributed by atoms with Crippen LogP contribution in [0.5, 0.6) is 0 Å². The first-order valence-electron chi connectivity index (χ1n) is 6.34. The molecule has 0 aliphatic heterocycles. The van der Waals surface area contributed by atoms with Crippen molar-refractivity contribution >= 4 is 17.1 Å². The summed E-state index contributed by atoms with van der Waals surface area (Å²) < 4.78 is 0. The van der Waals surface area contributed by atoms with E-state index in [9.17, 15) is 10.1 Å². The van der Waals surface area contributed by atoms with E-state index in [1.807, 2.05) is 6.07 Å². The van der Waals surface area contributed by atoms with Crippen molar-refractivity contribution in [3.8, 4) is 0 Å². The van der Waals surface area contributed by atoms with Gasteiger partial charge in [-0.1, -0.05) is 20.3 Å². The van der Waals surface area contributed by atoms with Crippen molar-refractivity contribution < 1.29 is 4.92 Å². The second-order valence-electron chi connectivity index (χ2n) is 4.31. The van der Waals surface area contributed by atoms with E-state index in [-0.39, 0.29) is 10.6 Å². The summed E-state index contributed by atoms with van der Waals surface area (Å²) in [6.07, 6.45) is 3.17. The van der Waals surface area contributed by atoms with Crippen LogP contribution in [0.3, 0.4) is 0 Å². The lowest BCUT2D eigenvalue weighted by atomic mass is 10.1. The summed E-state index contributed by atoms with van der Waals surface area (Å²) in [4.78, 5) is 10.5. The zero-order valence-corrected chi connectivity index (χ0v) is 11.2. The van der Waals surface area contributed by atoms with E-state index in [4.69, 9.17) is 0 Å². The van der Waals surface area contributed by atoms with E-state index in [2.05, 4.69) is 24.5 Å². The molecule has 5 heteroatoms. The molecule has 1 atom stereocenters. The van der Waals surface area contributed by atoms with Gasteiger partial charge in [0, 0.05) is 36.6 Å². The van der Waals surface area contributed by atoms with Gasteiger partial charge < -0.3 is 10.6 Å². The average molecular weight is 251 g/mol. The number of hydrogen-bond donors (Lipinski definition) is 2. The number of rotatable bonds is 7. The molecule has 0 amide bonds. The molecule has 18 heavy (non-hydrogen) atoms. The maximum Gasteiger partial charge on any atom is 0.273 e. The summed E-state index contributed by atoms with van der Waals surface area (Å²) in [5.74, 6) is 0. The number of hydrogen-bond acceptors (Lipinski definition) is 4. The number of nitro benzene ring substituents is 1. The Morgan fingerprint density at radius 2 is 1.94 bits per heavy atom. The van der Waals surface area contributed by atoms with E-state index >= 15 is 0 Å². The zero-order chi connectivity index (χ0) is 13.5. The number of nitro groups is 1. The molecule has 0 spiro atoms. The number of benzene rings is 1. The Morgan fingerprint density at radius 1 is 1.28 bits per heavy atom. The largest absolute Gasteiger partial charge is 0.388 e. The molecule has 0 saturated heterocycles. The van der Waals surface area contributed by atoms with Crippen LogP contribution < -0.4 is 10.6 Å². The van der Waals surface area contributed by atoms with Gasteiger partial charge in [0.15, 0.2) is 0 Å². The maximum atomic E-state index is 10.9. The Morgan fingerprint density at radius 3 is 2.44 bits per heavy atom. The number of nitrogens with one attached hydrogen (secondary N) is 2. The highest BCUT2D eigenvalue weighted by atomic mass is 16.6. The van der Waals surface area contributed by atoms with Gasteiger partial charge in [-0.2, -0.15) is 0 Å². The van der Waals surface area contributed by atoms with E-state index < -0.39 is 0 Å². The summed E-state index contributed by atoms with van der Waals surface area (Å²) in [7, 11) is 1.76. The Hall–Kier alpha value is -1.78. The smallest absolute Gasteiger partial charge is 0.273 e. The fraction of sp³-hybridized carbons (Fsp3) is 0.538. The first-order valence-corrected chi connectivity index (χ1v) is 6.34. The second kappa shape index (κ2) is 6.83. The maximum absolute atomic E-state index is 10.9. The molecule has 0 radical (unpaired) electrons. The highest BCUT2D eigenvalue weighted by molar-refractivity contribution is 5.63. The quantitative estimate of drug-likeness (QED) is 0.573. The van der Waals surface area contributed by atoms with Crippen LogP contribution in [0.1, 0.15) is 33.1 Å². The van der Waals surface area contributed by atoms with Crippen LogP contribution in [0.4, 0.5) is 17.1 Å². The van der Waals surface area contributed by atoms with Crippen molar-refractivity contribution in [2.45, 2.75) is 39.2 Å². The van der Waals surface area contributed by atoms with E-state index in [1.165, 1.54) is 6.07 Å². The van der Waals surface area contributed by atoms with Gasteiger partial charge in [-0.15, -0.1) is 0 Å². The Balaban J connectivity index is 2.93. The van der Waals surface area contributed by atoms with Crippen LogP contribution in [0.2, 0.25) is 0 Å². The minimum Gasteiger partial charge on any atom is -0.388 e. The minimum atomic E-state index is -0.368. The fourth-order valence-corrected chi connectivity index (χ4v) is 1.91. The van der Waals surface area contributed by atoms with Crippen molar-refractivity contribution in [2.24, 2.45) is 0 Å². The monoisotopic (exact) mass is 251 g/mol. The van der Waals surface area contributed by atoms with Crippen molar-refractivity contribution in [3.63, 3.8) is 0 Å². The molecule has 100 valence electrons. The van der Waals surface area contributed by atoms with Crippen molar-refractivity contribution in [1.82, 2.24) is 0 Å². The summed E-state index contributed by atoms with van der Waals surface area (Å²) in [5.41, 5.74) is 1.66. The van der Waals surface area contributed by atoms with Gasteiger partial charge in [0.1, 0.15) is 0 Å². The lowest BCUT2D eigenvalue weighted by molar-refractivity contribution is -0.384. The van der Waals surface area contributed by atoms with Gasteiger partial charge in [0.2, 0.25) is 0 Å². The third kappa shape index (κ3) is 3.91. The van der Waals surface area contributed by atoms with Gasteiger partial charge in [-0.25, -0.2) is 0 Å². The number of nitrogens with zero attached hydrogens (tertiary/aromatic N) is 1. The molecule has 1 rings (SSSR count). The molecule has 0 bridgehead atoms. The predicted octanol–water partition coefficient (Wildman–Crippen LogP) is 3.63. The van der Waals surface area contributed by atoms with Crippen LogP contribution >= 0.6 is 0 Å². The van der Waals surface area contributed by atoms with Gasteiger partial charge >= 0.3 is 0 Å². The first kappa shape index (κ1) is 14.3. The molecule has 0 saturated carbocycles. The minimum absolute atomic E-state index is 0.107. The van der Waals surface area contributed by atoms with Crippen LogP contribution in [0.15, 0.2) is 18.2 Å². The van der Waals surface area contributed by atoms with Gasteiger partial charge in [0.05, 0.1) is 4.92 Å². The first-order chi connectivity index (χ1) is 8.60. The van der Waals surface area contributed by atoms with E-state index in [1.54, 1.807) is 13.1 Å². The van der Waals surface area contributed by atoms with Crippen LogP contribution in [0.25, 0.3) is 0 Å². The summed E-state index contributed by atoms with van der Waals surface area (Å²) in [6, 6.07) is 5.37. The highest BCUT2D eigenvalue weighted by Gasteiger charge is 2.11. The van der Waals surface area contributed by atoms with Gasteiger partial charge in [-0.05, 0) is 18.9 Å². The molecule has 0 aromatic heterocycles. The third-order valence-corrected chi connectivity index (χ3v) is 2.92. The second-order valence-corrected chi connectivity index (χ2v) is 4.31. The molecule has 0 heterocycles. The van der Waals surface area contributed by atoms with Crippen molar-refractivity contribution in [3.05, 3.63) is 28.3 Å². The summed E-state index contributed by atoms with van der Waals surface area (Å²) in [5, 5.41) is 17.1. The van der Waals surface area contributed by atoms with Crippen molar-refractivity contribution in [2.75, 3.05) is 17.7 Å². The van der Waals surface area contributed by atoms with E-state index in [0.717, 1.165) is 30.6 Å². The SMILES string of the molecule is CCCC(CC)Nc1cc(NC)cc([N+](=O)[O-])c1. The van der Waals surface area contributed by atoms with Gasteiger partial charge in [0.25, 0.3) is 5.69 Å². The van der Waals surface area contributed by atoms with Crippen LogP contribution in [0, 0.1) is 10.1 Å². The van der Waals surface area contributed by atoms with E-state index in [0.29, 0.717) is 6.04 Å². The molecule has 2 N–H and O–H groups in total. The number of anilines is 2. The molecule has 1 aromatic carbocycles. The number of non-ortho nitro benzene ring substituents is 1. The summed E-state index contributed by atoms with van der Waals surface area (Å²) >= 11 is 0. The lowest BCUT2D eigenvalue weighted by Crippen LogP contribution is -2.18. The molecule has 0 fully saturated rings. The Bertz CT molecular complexity index is 407. The molecule has 1 aromatic rings. The fourth-order valence-electron chi connectivity index (χ4n) is 1.91. The molecule has 1 unspecified atom stereocenters. The standard InChI is InChI=1S/C13H21N3O2/c1-4-6-10(5-2)15-12-7-11(14-3)8-13(9-12)16(17)18/h7-10,14-15H,4-6H2,1-3H3. The Labute approximate surface area is 108 Å². The normalized spacial score (nSPS) is 11.9.